The smallest absolute Gasteiger partial charge is 0.267 e. The SMILES string of the molecule is Cc1ncn(CCNC2CCCCCC2)c(=O)c1I. The van der Waals surface area contributed by atoms with Gasteiger partial charge < -0.3 is 5.32 Å². The Bertz CT molecular complexity index is 464. The maximum atomic E-state index is 12.0. The molecule has 0 aliphatic heterocycles. The lowest BCUT2D eigenvalue weighted by molar-refractivity contribution is 0.441. The number of hydrogen-bond acceptors (Lipinski definition) is 3. The second-order valence-electron chi connectivity index (χ2n) is 5.29. The van der Waals surface area contributed by atoms with Crippen LogP contribution in [-0.4, -0.2) is 22.1 Å². The summed E-state index contributed by atoms with van der Waals surface area (Å²) < 4.78 is 2.44. The third-order valence-corrected chi connectivity index (χ3v) is 5.04. The van der Waals surface area contributed by atoms with Gasteiger partial charge in [-0.05, 0) is 42.4 Å². The van der Waals surface area contributed by atoms with Crippen molar-refractivity contribution >= 4 is 22.6 Å². The maximum absolute atomic E-state index is 12.0. The van der Waals surface area contributed by atoms with Gasteiger partial charge in [-0.3, -0.25) is 9.36 Å². The van der Waals surface area contributed by atoms with Gasteiger partial charge in [0.05, 0.1) is 15.6 Å². The molecule has 5 heteroatoms. The van der Waals surface area contributed by atoms with Crippen molar-refractivity contribution in [1.82, 2.24) is 14.9 Å². The van der Waals surface area contributed by atoms with Crippen LogP contribution in [0.1, 0.15) is 44.2 Å². The van der Waals surface area contributed by atoms with E-state index in [1.807, 2.05) is 6.92 Å². The van der Waals surface area contributed by atoms with Gasteiger partial charge in [0.2, 0.25) is 0 Å². The van der Waals surface area contributed by atoms with Crippen molar-refractivity contribution in [2.45, 2.75) is 58.0 Å². The van der Waals surface area contributed by atoms with E-state index in [-0.39, 0.29) is 5.56 Å². The topological polar surface area (TPSA) is 46.9 Å². The van der Waals surface area contributed by atoms with Gasteiger partial charge in [0.1, 0.15) is 0 Å². The van der Waals surface area contributed by atoms with Gasteiger partial charge in [0, 0.05) is 19.1 Å². The van der Waals surface area contributed by atoms with Gasteiger partial charge in [0.25, 0.3) is 5.56 Å². The number of halogens is 1. The van der Waals surface area contributed by atoms with Crippen LogP contribution >= 0.6 is 22.6 Å². The van der Waals surface area contributed by atoms with Crippen LogP contribution in [0.3, 0.4) is 0 Å². The lowest BCUT2D eigenvalue weighted by Crippen LogP contribution is -2.34. The highest BCUT2D eigenvalue weighted by Gasteiger charge is 2.11. The third kappa shape index (κ3) is 4.27. The molecule has 1 aliphatic rings. The molecule has 0 atom stereocenters. The van der Waals surface area contributed by atoms with Gasteiger partial charge in [-0.2, -0.15) is 0 Å². The Morgan fingerprint density at radius 2 is 2.05 bits per heavy atom. The van der Waals surface area contributed by atoms with Crippen molar-refractivity contribution in [3.05, 3.63) is 25.9 Å². The van der Waals surface area contributed by atoms with Crippen LogP contribution in [0.2, 0.25) is 0 Å². The number of aryl methyl sites for hydroxylation is 1. The molecule has 1 N–H and O–H groups in total. The standard InChI is InChI=1S/C14H22IN3O/c1-11-13(15)14(19)18(10-17-11)9-8-16-12-6-4-2-3-5-7-12/h10,12,16H,2-9H2,1H3. The summed E-state index contributed by atoms with van der Waals surface area (Å²) >= 11 is 2.08. The molecule has 0 unspecified atom stereocenters. The molecule has 0 amide bonds. The molecule has 0 radical (unpaired) electrons. The molecule has 0 saturated heterocycles. The summed E-state index contributed by atoms with van der Waals surface area (Å²) in [6.07, 6.45) is 9.63. The average Bonchev–Trinajstić information content (AvgIpc) is 2.67. The average molecular weight is 375 g/mol. The molecule has 4 nitrogen and oxygen atoms in total. The molecular weight excluding hydrogens is 353 g/mol. The first kappa shape index (κ1) is 15.0. The predicted octanol–water partition coefficient (Wildman–Crippen LogP) is 2.47. The van der Waals surface area contributed by atoms with Crippen molar-refractivity contribution < 1.29 is 0 Å². The molecule has 1 fully saturated rings. The van der Waals surface area contributed by atoms with Crippen molar-refractivity contribution in [1.29, 1.82) is 0 Å². The minimum absolute atomic E-state index is 0.0794. The van der Waals surface area contributed by atoms with Crippen LogP contribution in [0.5, 0.6) is 0 Å². The first-order valence-electron chi connectivity index (χ1n) is 7.13. The van der Waals surface area contributed by atoms with Crippen LogP contribution < -0.4 is 10.9 Å². The summed E-state index contributed by atoms with van der Waals surface area (Å²) in [5, 5.41) is 3.58. The van der Waals surface area contributed by atoms with E-state index in [1.165, 1.54) is 38.5 Å². The lowest BCUT2D eigenvalue weighted by atomic mass is 10.1. The molecule has 1 aromatic rings. The van der Waals surface area contributed by atoms with Crippen LogP contribution in [0.15, 0.2) is 11.1 Å². The molecule has 1 aromatic heterocycles. The first-order valence-corrected chi connectivity index (χ1v) is 8.21. The molecule has 2 rings (SSSR count). The molecule has 19 heavy (non-hydrogen) atoms. The molecule has 106 valence electrons. The van der Waals surface area contributed by atoms with Crippen LogP contribution in [-0.2, 0) is 6.54 Å². The zero-order chi connectivity index (χ0) is 13.7. The van der Waals surface area contributed by atoms with Crippen molar-refractivity contribution in [2.75, 3.05) is 6.54 Å². The Hall–Kier alpha value is -0.430. The Labute approximate surface area is 128 Å². The highest BCUT2D eigenvalue weighted by atomic mass is 127. The number of hydrogen-bond donors (Lipinski definition) is 1. The van der Waals surface area contributed by atoms with Crippen molar-refractivity contribution in [3.8, 4) is 0 Å². The van der Waals surface area contributed by atoms with Gasteiger partial charge in [-0.25, -0.2) is 4.98 Å². The van der Waals surface area contributed by atoms with Gasteiger partial charge in [-0.15, -0.1) is 0 Å². The Morgan fingerprint density at radius 1 is 1.37 bits per heavy atom. The normalized spacial score (nSPS) is 17.4. The van der Waals surface area contributed by atoms with E-state index >= 15 is 0 Å². The fourth-order valence-electron chi connectivity index (χ4n) is 2.58. The van der Waals surface area contributed by atoms with Gasteiger partial charge in [-0.1, -0.05) is 25.7 Å². The quantitative estimate of drug-likeness (QED) is 0.650. The Balaban J connectivity index is 1.85. The Morgan fingerprint density at radius 3 is 2.74 bits per heavy atom. The molecule has 1 aliphatic carbocycles. The monoisotopic (exact) mass is 375 g/mol. The van der Waals surface area contributed by atoms with Crippen molar-refractivity contribution in [3.63, 3.8) is 0 Å². The zero-order valence-corrected chi connectivity index (χ0v) is 13.6. The lowest BCUT2D eigenvalue weighted by Gasteiger charge is -2.16. The van der Waals surface area contributed by atoms with E-state index in [0.29, 0.717) is 12.6 Å². The van der Waals surface area contributed by atoms with Gasteiger partial charge in [0.15, 0.2) is 0 Å². The number of rotatable bonds is 4. The highest BCUT2D eigenvalue weighted by molar-refractivity contribution is 14.1. The fraction of sp³-hybridized carbons (Fsp3) is 0.714. The van der Waals surface area contributed by atoms with E-state index in [1.54, 1.807) is 10.9 Å². The minimum atomic E-state index is 0.0794. The zero-order valence-electron chi connectivity index (χ0n) is 11.5. The van der Waals surface area contributed by atoms with E-state index in [2.05, 4.69) is 32.9 Å². The molecule has 0 bridgehead atoms. The highest BCUT2D eigenvalue weighted by Crippen LogP contribution is 2.16. The van der Waals surface area contributed by atoms with Crippen LogP contribution in [0.25, 0.3) is 0 Å². The van der Waals surface area contributed by atoms with E-state index in [4.69, 9.17) is 0 Å². The maximum Gasteiger partial charge on any atom is 0.267 e. The minimum Gasteiger partial charge on any atom is -0.312 e. The molecular formula is C14H22IN3O. The molecule has 0 aromatic carbocycles. The summed E-state index contributed by atoms with van der Waals surface area (Å²) in [5.74, 6) is 0. The molecule has 0 spiro atoms. The summed E-state index contributed by atoms with van der Waals surface area (Å²) in [6.45, 7) is 3.43. The fourth-order valence-corrected chi connectivity index (χ4v) is 3.03. The molecule has 1 heterocycles. The van der Waals surface area contributed by atoms with E-state index in [9.17, 15) is 4.79 Å². The second-order valence-corrected chi connectivity index (χ2v) is 6.36. The van der Waals surface area contributed by atoms with Gasteiger partial charge >= 0.3 is 0 Å². The van der Waals surface area contributed by atoms with Crippen LogP contribution in [0.4, 0.5) is 0 Å². The summed E-state index contributed by atoms with van der Waals surface area (Å²) in [4.78, 5) is 16.3. The number of aromatic nitrogens is 2. The largest absolute Gasteiger partial charge is 0.312 e. The predicted molar refractivity (Wildman–Crippen MR) is 85.4 cm³/mol. The third-order valence-electron chi connectivity index (χ3n) is 3.80. The van der Waals surface area contributed by atoms with E-state index < -0.39 is 0 Å². The second kappa shape index (κ2) is 7.38. The van der Waals surface area contributed by atoms with Crippen LogP contribution in [0, 0.1) is 10.5 Å². The van der Waals surface area contributed by atoms with Crippen molar-refractivity contribution in [2.24, 2.45) is 0 Å². The summed E-state index contributed by atoms with van der Waals surface area (Å²) in [7, 11) is 0. The number of nitrogens with one attached hydrogen (secondary N) is 1. The summed E-state index contributed by atoms with van der Waals surface area (Å²) in [5.41, 5.74) is 0.898. The first-order chi connectivity index (χ1) is 9.18. The molecule has 1 saturated carbocycles. The Kier molecular flexibility index (Phi) is 5.81. The summed E-state index contributed by atoms with van der Waals surface area (Å²) in [6, 6.07) is 0.635. The van der Waals surface area contributed by atoms with E-state index in [0.717, 1.165) is 15.8 Å². The number of nitrogens with zero attached hydrogens (tertiary/aromatic N) is 2.